The van der Waals surface area contributed by atoms with Gasteiger partial charge in [-0.3, -0.25) is 4.79 Å². The second-order valence-corrected chi connectivity index (χ2v) is 8.13. The minimum atomic E-state index is 0.191. The van der Waals surface area contributed by atoms with Crippen LogP contribution in [-0.2, 0) is 17.6 Å². The monoisotopic (exact) mass is 367 g/mol. The van der Waals surface area contributed by atoms with Crippen molar-refractivity contribution in [3.8, 4) is 0 Å². The van der Waals surface area contributed by atoms with Crippen LogP contribution in [0.5, 0.6) is 0 Å². The van der Waals surface area contributed by atoms with Crippen LogP contribution in [0, 0.1) is 5.92 Å². The third-order valence-electron chi connectivity index (χ3n) is 5.92. The number of hydrogen-bond acceptors (Lipinski definition) is 1. The molecule has 0 bridgehead atoms. The van der Waals surface area contributed by atoms with E-state index in [9.17, 15) is 4.79 Å². The lowest BCUT2D eigenvalue weighted by atomic mass is 9.85. The Labute approximate surface area is 161 Å². The summed E-state index contributed by atoms with van der Waals surface area (Å²) in [6.07, 6.45) is 8.65. The highest BCUT2D eigenvalue weighted by Gasteiger charge is 2.35. The standard InChI is InChI=1S/C23H26ClNO/c24-20-11-6-7-17(15-20)16-21-14-13-18-8-4-5-12-22(18)25(21)23(26)19-9-2-1-3-10-19/h4-8,11-12,15,19,21H,1-3,9-10,13-14,16H2. The molecule has 0 saturated heterocycles. The van der Waals surface area contributed by atoms with Crippen molar-refractivity contribution < 1.29 is 4.79 Å². The molecule has 1 amide bonds. The molecule has 1 saturated carbocycles. The molecule has 2 aromatic carbocycles. The minimum Gasteiger partial charge on any atom is -0.309 e. The van der Waals surface area contributed by atoms with Crippen LogP contribution in [0.4, 0.5) is 5.69 Å². The minimum absolute atomic E-state index is 0.191. The maximum absolute atomic E-state index is 13.5. The number of carbonyl (C=O) groups excluding carboxylic acids is 1. The van der Waals surface area contributed by atoms with Crippen molar-refractivity contribution in [3.63, 3.8) is 0 Å². The molecule has 2 nitrogen and oxygen atoms in total. The number of fused-ring (bicyclic) bond motifs is 1. The van der Waals surface area contributed by atoms with Gasteiger partial charge in [0.15, 0.2) is 0 Å². The summed E-state index contributed by atoms with van der Waals surface area (Å²) in [4.78, 5) is 15.6. The Morgan fingerprint density at radius 3 is 2.62 bits per heavy atom. The lowest BCUT2D eigenvalue weighted by molar-refractivity contribution is -0.123. The summed E-state index contributed by atoms with van der Waals surface area (Å²) >= 11 is 6.18. The van der Waals surface area contributed by atoms with Gasteiger partial charge in [-0.05, 0) is 61.4 Å². The van der Waals surface area contributed by atoms with Gasteiger partial charge in [0.05, 0.1) is 0 Å². The molecule has 1 aliphatic heterocycles. The van der Waals surface area contributed by atoms with E-state index in [1.807, 2.05) is 18.2 Å². The van der Waals surface area contributed by atoms with Crippen molar-refractivity contribution in [1.82, 2.24) is 0 Å². The molecule has 2 aromatic rings. The summed E-state index contributed by atoms with van der Waals surface area (Å²) < 4.78 is 0. The van der Waals surface area contributed by atoms with E-state index >= 15 is 0 Å². The van der Waals surface area contributed by atoms with Crippen molar-refractivity contribution in [2.45, 2.75) is 57.4 Å². The van der Waals surface area contributed by atoms with Crippen LogP contribution in [0.1, 0.15) is 49.7 Å². The van der Waals surface area contributed by atoms with Gasteiger partial charge in [0, 0.05) is 22.7 Å². The highest BCUT2D eigenvalue weighted by molar-refractivity contribution is 6.30. The molecular weight excluding hydrogens is 342 g/mol. The molecule has 26 heavy (non-hydrogen) atoms. The number of carbonyl (C=O) groups is 1. The van der Waals surface area contributed by atoms with Gasteiger partial charge in [-0.2, -0.15) is 0 Å². The summed E-state index contributed by atoms with van der Waals surface area (Å²) in [6, 6.07) is 16.7. The molecule has 1 fully saturated rings. The van der Waals surface area contributed by atoms with E-state index in [0.29, 0.717) is 5.91 Å². The van der Waals surface area contributed by atoms with Gasteiger partial charge in [0.2, 0.25) is 5.91 Å². The first kappa shape index (κ1) is 17.6. The summed E-state index contributed by atoms with van der Waals surface area (Å²) in [6.45, 7) is 0. The van der Waals surface area contributed by atoms with E-state index in [0.717, 1.165) is 42.8 Å². The molecule has 2 aliphatic rings. The van der Waals surface area contributed by atoms with Crippen LogP contribution in [0.2, 0.25) is 5.02 Å². The van der Waals surface area contributed by atoms with Gasteiger partial charge in [-0.15, -0.1) is 0 Å². The maximum Gasteiger partial charge on any atom is 0.230 e. The zero-order chi connectivity index (χ0) is 17.9. The fourth-order valence-corrected chi connectivity index (χ4v) is 4.79. The molecule has 1 heterocycles. The van der Waals surface area contributed by atoms with Crippen LogP contribution in [0.15, 0.2) is 48.5 Å². The first-order valence-corrected chi connectivity index (χ1v) is 10.3. The summed E-state index contributed by atoms with van der Waals surface area (Å²) in [5.74, 6) is 0.528. The predicted molar refractivity (Wildman–Crippen MR) is 108 cm³/mol. The Morgan fingerprint density at radius 1 is 1.00 bits per heavy atom. The highest BCUT2D eigenvalue weighted by Crippen LogP contribution is 2.36. The normalized spacial score (nSPS) is 20.7. The summed E-state index contributed by atoms with van der Waals surface area (Å²) in [5.41, 5.74) is 3.64. The van der Waals surface area contributed by atoms with Crippen molar-refractivity contribution in [2.24, 2.45) is 5.92 Å². The molecule has 1 atom stereocenters. The molecular formula is C23H26ClNO. The van der Waals surface area contributed by atoms with Crippen LogP contribution < -0.4 is 4.90 Å². The molecule has 0 aromatic heterocycles. The van der Waals surface area contributed by atoms with E-state index in [-0.39, 0.29) is 12.0 Å². The molecule has 3 heteroatoms. The number of nitrogens with zero attached hydrogens (tertiary/aromatic N) is 1. The number of para-hydroxylation sites is 1. The molecule has 1 aliphatic carbocycles. The second-order valence-electron chi connectivity index (χ2n) is 7.70. The van der Waals surface area contributed by atoms with Crippen LogP contribution >= 0.6 is 11.6 Å². The Morgan fingerprint density at radius 2 is 1.81 bits per heavy atom. The van der Waals surface area contributed by atoms with Gasteiger partial charge in [-0.25, -0.2) is 0 Å². The largest absolute Gasteiger partial charge is 0.309 e. The third kappa shape index (κ3) is 3.66. The van der Waals surface area contributed by atoms with E-state index in [1.54, 1.807) is 0 Å². The Bertz CT molecular complexity index is 781. The first-order chi connectivity index (χ1) is 12.7. The number of hydrogen-bond donors (Lipinski definition) is 0. The lowest BCUT2D eigenvalue weighted by Gasteiger charge is -2.40. The average molecular weight is 368 g/mol. The Kier molecular flexibility index (Phi) is 5.31. The number of halogens is 1. The van der Waals surface area contributed by atoms with Gasteiger partial charge >= 0.3 is 0 Å². The van der Waals surface area contributed by atoms with Crippen molar-refractivity contribution in [3.05, 3.63) is 64.7 Å². The van der Waals surface area contributed by atoms with Crippen molar-refractivity contribution in [1.29, 1.82) is 0 Å². The van der Waals surface area contributed by atoms with Gasteiger partial charge < -0.3 is 4.90 Å². The second kappa shape index (κ2) is 7.84. The molecule has 0 radical (unpaired) electrons. The zero-order valence-electron chi connectivity index (χ0n) is 15.2. The average Bonchev–Trinajstić information content (AvgIpc) is 2.68. The van der Waals surface area contributed by atoms with Gasteiger partial charge in [0.1, 0.15) is 0 Å². The topological polar surface area (TPSA) is 20.3 Å². The van der Waals surface area contributed by atoms with E-state index in [2.05, 4.69) is 35.2 Å². The van der Waals surface area contributed by atoms with Crippen LogP contribution in [0.3, 0.4) is 0 Å². The number of benzene rings is 2. The van der Waals surface area contributed by atoms with Crippen LogP contribution in [-0.4, -0.2) is 11.9 Å². The van der Waals surface area contributed by atoms with Crippen LogP contribution in [0.25, 0.3) is 0 Å². The molecule has 136 valence electrons. The van der Waals surface area contributed by atoms with E-state index < -0.39 is 0 Å². The number of rotatable bonds is 3. The number of anilines is 1. The highest BCUT2D eigenvalue weighted by atomic mass is 35.5. The van der Waals surface area contributed by atoms with Crippen molar-refractivity contribution in [2.75, 3.05) is 4.90 Å². The Balaban J connectivity index is 1.64. The van der Waals surface area contributed by atoms with E-state index in [4.69, 9.17) is 11.6 Å². The molecule has 0 N–H and O–H groups in total. The third-order valence-corrected chi connectivity index (χ3v) is 6.15. The van der Waals surface area contributed by atoms with Gasteiger partial charge in [0.25, 0.3) is 0 Å². The van der Waals surface area contributed by atoms with Gasteiger partial charge in [-0.1, -0.05) is 61.2 Å². The maximum atomic E-state index is 13.5. The Hall–Kier alpha value is -1.80. The number of amides is 1. The summed E-state index contributed by atoms with van der Waals surface area (Å²) in [5, 5.41) is 0.767. The molecule has 4 rings (SSSR count). The first-order valence-electron chi connectivity index (χ1n) is 9.88. The zero-order valence-corrected chi connectivity index (χ0v) is 15.9. The quantitative estimate of drug-likeness (QED) is 0.670. The molecule has 0 spiro atoms. The van der Waals surface area contributed by atoms with E-state index in [1.165, 1.54) is 30.4 Å². The molecule has 1 unspecified atom stereocenters. The SMILES string of the molecule is O=C(C1CCCCC1)N1c2ccccc2CCC1Cc1cccc(Cl)c1. The lowest BCUT2D eigenvalue weighted by Crippen LogP contribution is -2.48. The summed E-state index contributed by atoms with van der Waals surface area (Å²) in [7, 11) is 0. The number of aryl methyl sites for hydroxylation is 1. The smallest absolute Gasteiger partial charge is 0.230 e. The fourth-order valence-electron chi connectivity index (χ4n) is 4.58. The van der Waals surface area contributed by atoms with Crippen molar-refractivity contribution >= 4 is 23.2 Å². The fraction of sp³-hybridized carbons (Fsp3) is 0.435. The predicted octanol–water partition coefficient (Wildman–Crippen LogP) is 5.81.